The Balaban J connectivity index is 2.00. The third-order valence-corrected chi connectivity index (χ3v) is 5.27. The van der Waals surface area contributed by atoms with E-state index in [9.17, 15) is 15.0 Å². The molecular formula is C24H26O4. The number of aliphatic hydroxyl groups is 1. The summed E-state index contributed by atoms with van der Waals surface area (Å²) in [6, 6.07) is 20.4. The molecule has 0 saturated carbocycles. The van der Waals surface area contributed by atoms with Crippen molar-refractivity contribution in [1.82, 2.24) is 0 Å². The second kappa shape index (κ2) is 8.89. The van der Waals surface area contributed by atoms with E-state index in [2.05, 4.69) is 0 Å². The van der Waals surface area contributed by atoms with Crippen LogP contribution in [0.1, 0.15) is 67.1 Å². The highest BCUT2D eigenvalue weighted by Gasteiger charge is 2.27. The normalized spacial score (nSPS) is 14.4. The Labute approximate surface area is 165 Å². The molecule has 2 N–H and O–H groups in total. The molecule has 3 aromatic rings. The molecule has 4 heteroatoms. The zero-order chi connectivity index (χ0) is 20.1. The van der Waals surface area contributed by atoms with Crippen molar-refractivity contribution in [3.63, 3.8) is 0 Å². The van der Waals surface area contributed by atoms with E-state index >= 15 is 0 Å². The van der Waals surface area contributed by atoms with E-state index in [1.165, 1.54) is 6.07 Å². The standard InChI is InChI=1S/C24H26O4/c1-3-18(16-11-7-5-8-12-16)22-20(25)15-21(28-24(22)27)19(4-2)23(26)17-13-9-6-10-14-17/h5-15,18-19,23,25-26H,3-4H2,1-2H3/t18-,19-,23+/m0/s1. The van der Waals surface area contributed by atoms with Gasteiger partial charge in [-0.25, -0.2) is 4.79 Å². The summed E-state index contributed by atoms with van der Waals surface area (Å²) in [5.74, 6) is -0.453. The van der Waals surface area contributed by atoms with E-state index in [1.54, 1.807) is 0 Å². The molecule has 0 aliphatic heterocycles. The van der Waals surface area contributed by atoms with Crippen LogP contribution in [-0.4, -0.2) is 10.2 Å². The fourth-order valence-electron chi connectivity index (χ4n) is 3.77. The highest BCUT2D eigenvalue weighted by atomic mass is 16.4. The van der Waals surface area contributed by atoms with Gasteiger partial charge < -0.3 is 14.6 Å². The molecule has 0 saturated heterocycles. The Morgan fingerprint density at radius 3 is 1.96 bits per heavy atom. The van der Waals surface area contributed by atoms with Crippen molar-refractivity contribution in [2.75, 3.05) is 0 Å². The number of benzene rings is 2. The first-order valence-electron chi connectivity index (χ1n) is 9.71. The van der Waals surface area contributed by atoms with Gasteiger partial charge in [0, 0.05) is 17.9 Å². The maximum Gasteiger partial charge on any atom is 0.343 e. The van der Waals surface area contributed by atoms with Crippen molar-refractivity contribution in [2.24, 2.45) is 0 Å². The first-order valence-corrected chi connectivity index (χ1v) is 9.71. The monoisotopic (exact) mass is 378 g/mol. The van der Waals surface area contributed by atoms with Crippen LogP contribution in [0.2, 0.25) is 0 Å². The minimum Gasteiger partial charge on any atom is -0.507 e. The van der Waals surface area contributed by atoms with Crippen LogP contribution < -0.4 is 5.63 Å². The van der Waals surface area contributed by atoms with Crippen LogP contribution in [0.4, 0.5) is 0 Å². The molecule has 3 rings (SSSR count). The summed E-state index contributed by atoms with van der Waals surface area (Å²) >= 11 is 0. The molecule has 146 valence electrons. The van der Waals surface area contributed by atoms with Crippen molar-refractivity contribution in [1.29, 1.82) is 0 Å². The van der Waals surface area contributed by atoms with E-state index in [-0.39, 0.29) is 17.2 Å². The lowest BCUT2D eigenvalue weighted by Crippen LogP contribution is -2.17. The van der Waals surface area contributed by atoms with E-state index in [0.717, 1.165) is 11.1 Å². The topological polar surface area (TPSA) is 70.7 Å². The highest BCUT2D eigenvalue weighted by Crippen LogP contribution is 2.37. The van der Waals surface area contributed by atoms with E-state index in [4.69, 9.17) is 4.42 Å². The van der Waals surface area contributed by atoms with E-state index < -0.39 is 17.6 Å². The first kappa shape index (κ1) is 19.9. The predicted octanol–water partition coefficient (Wildman–Crippen LogP) is 5.11. The van der Waals surface area contributed by atoms with Gasteiger partial charge in [-0.1, -0.05) is 74.5 Å². The predicted molar refractivity (Wildman–Crippen MR) is 110 cm³/mol. The lowest BCUT2D eigenvalue weighted by Gasteiger charge is -2.22. The van der Waals surface area contributed by atoms with Gasteiger partial charge in [0.25, 0.3) is 0 Å². The Bertz CT molecular complexity index is 947. The minimum atomic E-state index is -0.823. The minimum absolute atomic E-state index is 0.0827. The van der Waals surface area contributed by atoms with Crippen LogP contribution in [-0.2, 0) is 0 Å². The van der Waals surface area contributed by atoms with Gasteiger partial charge in [-0.05, 0) is 24.0 Å². The molecule has 0 amide bonds. The summed E-state index contributed by atoms with van der Waals surface area (Å²) in [5.41, 5.74) is 1.42. The third kappa shape index (κ3) is 4.02. The molecule has 0 aliphatic rings. The Hall–Kier alpha value is -2.85. The van der Waals surface area contributed by atoms with Gasteiger partial charge in [-0.2, -0.15) is 0 Å². The largest absolute Gasteiger partial charge is 0.507 e. The van der Waals surface area contributed by atoms with Gasteiger partial charge in [0.15, 0.2) is 0 Å². The molecular weight excluding hydrogens is 352 g/mol. The maximum atomic E-state index is 12.8. The highest BCUT2D eigenvalue weighted by molar-refractivity contribution is 5.40. The van der Waals surface area contributed by atoms with E-state index in [0.29, 0.717) is 18.6 Å². The summed E-state index contributed by atoms with van der Waals surface area (Å²) < 4.78 is 5.61. The van der Waals surface area contributed by atoms with Gasteiger partial charge in [-0.3, -0.25) is 0 Å². The molecule has 4 nitrogen and oxygen atoms in total. The van der Waals surface area contributed by atoms with Crippen molar-refractivity contribution in [3.8, 4) is 5.75 Å². The molecule has 0 unspecified atom stereocenters. The van der Waals surface area contributed by atoms with Crippen molar-refractivity contribution >= 4 is 0 Å². The number of rotatable bonds is 7. The quantitative estimate of drug-likeness (QED) is 0.599. The fraction of sp³-hybridized carbons (Fsp3) is 0.292. The summed E-state index contributed by atoms with van der Waals surface area (Å²) in [7, 11) is 0. The second-order valence-corrected chi connectivity index (χ2v) is 6.98. The summed E-state index contributed by atoms with van der Waals surface area (Å²) in [6.07, 6.45) is 0.398. The molecule has 0 bridgehead atoms. The Kier molecular flexibility index (Phi) is 6.32. The van der Waals surface area contributed by atoms with Crippen LogP contribution in [0.15, 0.2) is 75.9 Å². The lowest BCUT2D eigenvalue weighted by molar-refractivity contribution is 0.129. The van der Waals surface area contributed by atoms with Crippen molar-refractivity contribution in [3.05, 3.63) is 99.6 Å². The van der Waals surface area contributed by atoms with Crippen LogP contribution in [0.3, 0.4) is 0 Å². The lowest BCUT2D eigenvalue weighted by atomic mass is 9.87. The van der Waals surface area contributed by atoms with Crippen LogP contribution in [0.5, 0.6) is 5.75 Å². The fourth-order valence-corrected chi connectivity index (χ4v) is 3.77. The molecule has 0 radical (unpaired) electrons. The smallest absolute Gasteiger partial charge is 0.343 e. The average molecular weight is 378 g/mol. The average Bonchev–Trinajstić information content (AvgIpc) is 2.72. The van der Waals surface area contributed by atoms with E-state index in [1.807, 2.05) is 74.5 Å². The molecule has 2 aromatic carbocycles. The number of hydrogen-bond donors (Lipinski definition) is 2. The molecule has 0 aliphatic carbocycles. The summed E-state index contributed by atoms with van der Waals surface area (Å²) in [6.45, 7) is 3.89. The van der Waals surface area contributed by atoms with Crippen molar-refractivity contribution in [2.45, 2.75) is 44.6 Å². The van der Waals surface area contributed by atoms with Gasteiger partial charge in [-0.15, -0.1) is 0 Å². The van der Waals surface area contributed by atoms with Crippen LogP contribution in [0, 0.1) is 0 Å². The number of aliphatic hydroxyl groups excluding tert-OH is 1. The van der Waals surface area contributed by atoms with Crippen LogP contribution >= 0.6 is 0 Å². The zero-order valence-corrected chi connectivity index (χ0v) is 16.2. The third-order valence-electron chi connectivity index (χ3n) is 5.27. The Morgan fingerprint density at radius 2 is 1.46 bits per heavy atom. The van der Waals surface area contributed by atoms with Gasteiger partial charge in [0.1, 0.15) is 11.5 Å². The molecule has 1 heterocycles. The SMILES string of the molecule is CC[C@@H](c1ccccc1)c1c(O)cc([C@H](CC)[C@H](O)c2ccccc2)oc1=O. The summed E-state index contributed by atoms with van der Waals surface area (Å²) in [4.78, 5) is 12.8. The second-order valence-electron chi connectivity index (χ2n) is 6.98. The van der Waals surface area contributed by atoms with Crippen LogP contribution in [0.25, 0.3) is 0 Å². The molecule has 28 heavy (non-hydrogen) atoms. The van der Waals surface area contributed by atoms with Crippen molar-refractivity contribution < 1.29 is 14.6 Å². The first-order chi connectivity index (χ1) is 13.6. The molecule has 3 atom stereocenters. The number of hydrogen-bond acceptors (Lipinski definition) is 4. The Morgan fingerprint density at radius 1 is 0.893 bits per heavy atom. The number of aromatic hydroxyl groups is 1. The zero-order valence-electron chi connectivity index (χ0n) is 16.2. The molecule has 0 spiro atoms. The van der Waals surface area contributed by atoms with Gasteiger partial charge >= 0.3 is 5.63 Å². The molecule has 1 aromatic heterocycles. The maximum absolute atomic E-state index is 12.8. The molecule has 0 fully saturated rings. The summed E-state index contributed by atoms with van der Waals surface area (Å²) in [5, 5.41) is 21.5. The van der Waals surface area contributed by atoms with Gasteiger partial charge in [0.2, 0.25) is 0 Å². The van der Waals surface area contributed by atoms with Gasteiger partial charge in [0.05, 0.1) is 11.7 Å².